The zero-order valence-electron chi connectivity index (χ0n) is 9.33. The van der Waals surface area contributed by atoms with E-state index in [9.17, 15) is 4.79 Å². The molecule has 0 aliphatic heterocycles. The third-order valence-corrected chi connectivity index (χ3v) is 2.81. The Balaban J connectivity index is 2.17. The van der Waals surface area contributed by atoms with E-state index in [2.05, 4.69) is 15.5 Å². The molecule has 2 N–H and O–H groups in total. The lowest BCUT2D eigenvalue weighted by atomic mass is 10.3. The van der Waals surface area contributed by atoms with Gasteiger partial charge in [0.25, 0.3) is 5.91 Å². The van der Waals surface area contributed by atoms with Gasteiger partial charge in [0, 0.05) is 5.69 Å². The average molecular weight is 286 g/mol. The molecular weight excluding hydrogens is 277 g/mol. The van der Waals surface area contributed by atoms with Gasteiger partial charge in [0.15, 0.2) is 0 Å². The maximum absolute atomic E-state index is 11.8. The summed E-state index contributed by atoms with van der Waals surface area (Å²) in [6.07, 6.45) is 1.36. The van der Waals surface area contributed by atoms with E-state index >= 15 is 0 Å². The molecule has 0 fully saturated rings. The largest absolute Gasteiger partial charge is 0.495 e. The number of hydrogen-bond donors (Lipinski definition) is 2. The number of rotatable bonds is 3. The SMILES string of the molecule is COc1ccc(NC(=O)c2[nH]ncc2Cl)cc1Cl. The fourth-order valence-corrected chi connectivity index (χ4v) is 1.80. The molecule has 94 valence electrons. The number of nitrogens with zero attached hydrogens (tertiary/aromatic N) is 1. The second-order valence-electron chi connectivity index (χ2n) is 3.40. The Morgan fingerprint density at radius 1 is 1.39 bits per heavy atom. The first-order chi connectivity index (χ1) is 8.61. The van der Waals surface area contributed by atoms with Crippen LogP contribution in [0, 0.1) is 0 Å². The van der Waals surface area contributed by atoms with Gasteiger partial charge in [0.2, 0.25) is 0 Å². The van der Waals surface area contributed by atoms with Crippen LogP contribution < -0.4 is 10.1 Å². The number of carbonyl (C=O) groups is 1. The van der Waals surface area contributed by atoms with Gasteiger partial charge in [0.05, 0.1) is 23.4 Å². The van der Waals surface area contributed by atoms with Crippen LogP contribution in [-0.2, 0) is 0 Å². The van der Waals surface area contributed by atoms with Crippen molar-refractivity contribution in [2.45, 2.75) is 0 Å². The lowest BCUT2D eigenvalue weighted by molar-refractivity contribution is 0.102. The molecule has 0 aliphatic rings. The monoisotopic (exact) mass is 285 g/mol. The highest BCUT2D eigenvalue weighted by molar-refractivity contribution is 6.34. The molecule has 0 bridgehead atoms. The van der Waals surface area contributed by atoms with Crippen molar-refractivity contribution in [2.75, 3.05) is 12.4 Å². The van der Waals surface area contributed by atoms with E-state index in [1.54, 1.807) is 18.2 Å². The summed E-state index contributed by atoms with van der Waals surface area (Å²) in [5.41, 5.74) is 0.736. The third kappa shape index (κ3) is 2.57. The fourth-order valence-electron chi connectivity index (χ4n) is 1.37. The number of benzene rings is 1. The summed E-state index contributed by atoms with van der Waals surface area (Å²) in [4.78, 5) is 11.8. The highest BCUT2D eigenvalue weighted by Crippen LogP contribution is 2.27. The predicted molar refractivity (Wildman–Crippen MR) is 69.6 cm³/mol. The van der Waals surface area contributed by atoms with Crippen molar-refractivity contribution in [2.24, 2.45) is 0 Å². The number of aromatic amines is 1. The van der Waals surface area contributed by atoms with E-state index in [1.165, 1.54) is 13.3 Å². The van der Waals surface area contributed by atoms with E-state index < -0.39 is 5.91 Å². The quantitative estimate of drug-likeness (QED) is 0.911. The van der Waals surface area contributed by atoms with Crippen LogP contribution in [0.25, 0.3) is 0 Å². The molecule has 5 nitrogen and oxygen atoms in total. The van der Waals surface area contributed by atoms with Crippen molar-refractivity contribution in [1.29, 1.82) is 0 Å². The second kappa shape index (κ2) is 5.29. The zero-order chi connectivity index (χ0) is 13.1. The minimum Gasteiger partial charge on any atom is -0.495 e. The zero-order valence-corrected chi connectivity index (χ0v) is 10.8. The number of halogens is 2. The molecule has 0 radical (unpaired) electrons. The first-order valence-corrected chi connectivity index (χ1v) is 5.71. The van der Waals surface area contributed by atoms with Crippen LogP contribution in [0.15, 0.2) is 24.4 Å². The molecule has 0 saturated heterocycles. The van der Waals surface area contributed by atoms with E-state index in [0.717, 1.165) is 0 Å². The summed E-state index contributed by atoms with van der Waals surface area (Å²) in [7, 11) is 1.52. The van der Waals surface area contributed by atoms with Crippen molar-refractivity contribution in [1.82, 2.24) is 10.2 Å². The topological polar surface area (TPSA) is 67.0 Å². The molecule has 1 amide bonds. The molecule has 1 heterocycles. The van der Waals surface area contributed by atoms with Crippen LogP contribution in [0.3, 0.4) is 0 Å². The van der Waals surface area contributed by atoms with Gasteiger partial charge in [-0.2, -0.15) is 5.10 Å². The molecule has 0 aliphatic carbocycles. The van der Waals surface area contributed by atoms with E-state index in [1.807, 2.05) is 0 Å². The van der Waals surface area contributed by atoms with E-state index in [0.29, 0.717) is 16.5 Å². The van der Waals surface area contributed by atoms with Gasteiger partial charge in [-0.3, -0.25) is 9.89 Å². The molecule has 1 aromatic heterocycles. The van der Waals surface area contributed by atoms with Gasteiger partial charge in [-0.25, -0.2) is 0 Å². The van der Waals surface area contributed by atoms with Crippen molar-refractivity contribution < 1.29 is 9.53 Å². The van der Waals surface area contributed by atoms with Crippen LogP contribution in [0.5, 0.6) is 5.75 Å². The number of ether oxygens (including phenoxy) is 1. The minimum absolute atomic E-state index is 0.198. The van der Waals surface area contributed by atoms with Gasteiger partial charge in [-0.15, -0.1) is 0 Å². The molecule has 0 spiro atoms. The molecule has 0 unspecified atom stereocenters. The van der Waals surface area contributed by atoms with Crippen LogP contribution >= 0.6 is 23.2 Å². The summed E-state index contributed by atoms with van der Waals surface area (Å²) in [6, 6.07) is 4.92. The number of amides is 1. The smallest absolute Gasteiger partial charge is 0.275 e. The second-order valence-corrected chi connectivity index (χ2v) is 4.21. The van der Waals surface area contributed by atoms with Gasteiger partial charge in [-0.05, 0) is 18.2 Å². The summed E-state index contributed by atoms with van der Waals surface area (Å²) < 4.78 is 5.01. The van der Waals surface area contributed by atoms with E-state index in [-0.39, 0.29) is 10.7 Å². The molecule has 18 heavy (non-hydrogen) atoms. The maximum Gasteiger partial charge on any atom is 0.275 e. The van der Waals surface area contributed by atoms with Crippen LogP contribution in [0.1, 0.15) is 10.5 Å². The van der Waals surface area contributed by atoms with Gasteiger partial charge in [-0.1, -0.05) is 23.2 Å². The normalized spacial score (nSPS) is 10.2. The van der Waals surface area contributed by atoms with Crippen molar-refractivity contribution in [3.63, 3.8) is 0 Å². The highest BCUT2D eigenvalue weighted by Gasteiger charge is 2.13. The number of anilines is 1. The molecule has 2 aromatic rings. The van der Waals surface area contributed by atoms with Crippen molar-refractivity contribution >= 4 is 34.8 Å². The first-order valence-electron chi connectivity index (χ1n) is 4.95. The van der Waals surface area contributed by atoms with E-state index in [4.69, 9.17) is 27.9 Å². The number of carbonyl (C=O) groups excluding carboxylic acids is 1. The number of aromatic nitrogens is 2. The molecule has 0 atom stereocenters. The van der Waals surface area contributed by atoms with Crippen molar-refractivity contribution in [3.05, 3.63) is 40.1 Å². The Hall–Kier alpha value is -1.72. The molecular formula is C11H9Cl2N3O2. The van der Waals surface area contributed by atoms with Gasteiger partial charge in [0.1, 0.15) is 11.4 Å². The summed E-state index contributed by atoms with van der Waals surface area (Å²) >= 11 is 11.7. The molecule has 7 heteroatoms. The lowest BCUT2D eigenvalue weighted by Crippen LogP contribution is -2.12. The predicted octanol–water partition coefficient (Wildman–Crippen LogP) is 2.98. The summed E-state index contributed by atoms with van der Waals surface area (Å²) in [5, 5.41) is 9.48. The maximum atomic E-state index is 11.8. The Morgan fingerprint density at radius 2 is 2.17 bits per heavy atom. The van der Waals surface area contributed by atoms with Gasteiger partial charge < -0.3 is 10.1 Å². The Kier molecular flexibility index (Phi) is 3.74. The van der Waals surface area contributed by atoms with Crippen LogP contribution in [-0.4, -0.2) is 23.2 Å². The third-order valence-electron chi connectivity index (χ3n) is 2.23. The standard InChI is InChI=1S/C11H9Cl2N3O2/c1-18-9-3-2-6(4-7(9)12)15-11(17)10-8(13)5-14-16-10/h2-5H,1H3,(H,14,16)(H,15,17). The van der Waals surface area contributed by atoms with Gasteiger partial charge >= 0.3 is 0 Å². The lowest BCUT2D eigenvalue weighted by Gasteiger charge is -2.07. The van der Waals surface area contributed by atoms with Crippen LogP contribution in [0.4, 0.5) is 5.69 Å². The molecule has 2 rings (SSSR count). The summed E-state index contributed by atoms with van der Waals surface area (Å²) in [6.45, 7) is 0. The van der Waals surface area contributed by atoms with Crippen molar-refractivity contribution in [3.8, 4) is 5.75 Å². The first kappa shape index (κ1) is 12.7. The number of H-pyrrole nitrogens is 1. The number of methoxy groups -OCH3 is 1. The number of nitrogens with one attached hydrogen (secondary N) is 2. The molecule has 0 saturated carbocycles. The summed E-state index contributed by atoms with van der Waals surface area (Å²) in [5.74, 6) is 0.146. The average Bonchev–Trinajstić information content (AvgIpc) is 2.76. The molecule has 1 aromatic carbocycles. The Morgan fingerprint density at radius 3 is 2.72 bits per heavy atom. The minimum atomic E-state index is -0.390. The fraction of sp³-hybridized carbons (Fsp3) is 0.0909. The Labute approximate surface area is 113 Å². The van der Waals surface area contributed by atoms with Crippen LogP contribution in [0.2, 0.25) is 10.0 Å². The highest BCUT2D eigenvalue weighted by atomic mass is 35.5. The number of hydrogen-bond acceptors (Lipinski definition) is 3. The Bertz CT molecular complexity index is 583.